The minimum atomic E-state index is -0.305. The van der Waals surface area contributed by atoms with Gasteiger partial charge in [0, 0.05) is 6.04 Å². The van der Waals surface area contributed by atoms with E-state index in [1.807, 2.05) is 11.8 Å². The van der Waals surface area contributed by atoms with Gasteiger partial charge in [-0.2, -0.15) is 0 Å². The highest BCUT2D eigenvalue weighted by Crippen LogP contribution is 2.48. The van der Waals surface area contributed by atoms with E-state index in [0.29, 0.717) is 23.8 Å². The minimum absolute atomic E-state index is 0.0639. The smallest absolute Gasteiger partial charge is 0.246 e. The lowest BCUT2D eigenvalue weighted by molar-refractivity contribution is -0.154. The van der Waals surface area contributed by atoms with Gasteiger partial charge >= 0.3 is 0 Å². The van der Waals surface area contributed by atoms with Crippen molar-refractivity contribution in [1.29, 1.82) is 0 Å². The Hall–Kier alpha value is -1.06. The van der Waals surface area contributed by atoms with E-state index in [1.165, 1.54) is 25.7 Å². The molecule has 0 radical (unpaired) electrons. The summed E-state index contributed by atoms with van der Waals surface area (Å²) in [5.74, 6) is 1.97. The molecule has 2 atom stereocenters. The number of amides is 2. The van der Waals surface area contributed by atoms with Gasteiger partial charge in [-0.15, -0.1) is 0 Å². The molecule has 1 aliphatic heterocycles. The predicted octanol–water partition coefficient (Wildman–Crippen LogP) is 2.33. The van der Waals surface area contributed by atoms with E-state index in [1.54, 1.807) is 0 Å². The zero-order chi connectivity index (χ0) is 15.1. The first-order chi connectivity index (χ1) is 10.0. The summed E-state index contributed by atoms with van der Waals surface area (Å²) in [5.41, 5.74) is 0. The van der Waals surface area contributed by atoms with Gasteiger partial charge in [0.05, 0.1) is 0 Å². The molecular formula is C17H28N2O2. The molecule has 2 aliphatic carbocycles. The van der Waals surface area contributed by atoms with Gasteiger partial charge in [0.25, 0.3) is 0 Å². The van der Waals surface area contributed by atoms with E-state index < -0.39 is 0 Å². The first-order valence-corrected chi connectivity index (χ1v) is 8.65. The Morgan fingerprint density at radius 3 is 2.14 bits per heavy atom. The lowest BCUT2D eigenvalue weighted by atomic mass is 9.93. The van der Waals surface area contributed by atoms with Gasteiger partial charge in [0.1, 0.15) is 12.1 Å². The third-order valence-electron chi connectivity index (χ3n) is 5.13. The second-order valence-corrected chi connectivity index (χ2v) is 7.53. The van der Waals surface area contributed by atoms with E-state index in [9.17, 15) is 9.59 Å². The van der Waals surface area contributed by atoms with E-state index in [0.717, 1.165) is 12.8 Å². The van der Waals surface area contributed by atoms with Crippen LogP contribution in [0.25, 0.3) is 0 Å². The minimum Gasteiger partial charge on any atom is -0.342 e. The zero-order valence-electron chi connectivity index (χ0n) is 13.5. The molecule has 0 bridgehead atoms. The molecule has 0 aromatic heterocycles. The SMILES string of the molecule is CCC1C(=O)NC(CC(C)C)C(=O)N1C(C1CC1)C1CC1. The maximum absolute atomic E-state index is 13.0. The van der Waals surface area contributed by atoms with Gasteiger partial charge in [-0.1, -0.05) is 20.8 Å². The van der Waals surface area contributed by atoms with Crippen LogP contribution in [-0.4, -0.2) is 34.8 Å². The molecule has 0 spiro atoms. The number of carbonyl (C=O) groups excluding carboxylic acids is 2. The highest BCUT2D eigenvalue weighted by atomic mass is 16.2. The van der Waals surface area contributed by atoms with Crippen molar-refractivity contribution < 1.29 is 9.59 Å². The van der Waals surface area contributed by atoms with Crippen LogP contribution >= 0.6 is 0 Å². The largest absolute Gasteiger partial charge is 0.342 e. The normalized spacial score (nSPS) is 30.2. The third-order valence-corrected chi connectivity index (χ3v) is 5.13. The number of rotatable bonds is 6. The Labute approximate surface area is 127 Å². The van der Waals surface area contributed by atoms with Crippen LogP contribution in [0.5, 0.6) is 0 Å². The molecule has 4 heteroatoms. The van der Waals surface area contributed by atoms with Crippen molar-refractivity contribution in [3.63, 3.8) is 0 Å². The fourth-order valence-electron chi connectivity index (χ4n) is 3.87. The molecule has 118 valence electrons. The van der Waals surface area contributed by atoms with Crippen LogP contribution < -0.4 is 5.32 Å². The molecule has 1 N–H and O–H groups in total. The Balaban J connectivity index is 1.84. The van der Waals surface area contributed by atoms with Crippen molar-refractivity contribution in [3.8, 4) is 0 Å². The molecule has 3 rings (SSSR count). The van der Waals surface area contributed by atoms with Crippen LogP contribution in [0.4, 0.5) is 0 Å². The summed E-state index contributed by atoms with van der Waals surface area (Å²) in [7, 11) is 0. The highest BCUT2D eigenvalue weighted by Gasteiger charge is 2.52. The van der Waals surface area contributed by atoms with E-state index in [4.69, 9.17) is 0 Å². The lowest BCUT2D eigenvalue weighted by Gasteiger charge is -2.44. The Bertz CT molecular complexity index is 415. The Kier molecular flexibility index (Phi) is 3.98. The van der Waals surface area contributed by atoms with Crippen molar-refractivity contribution in [2.24, 2.45) is 17.8 Å². The summed E-state index contributed by atoms with van der Waals surface area (Å²) < 4.78 is 0. The maximum atomic E-state index is 13.0. The summed E-state index contributed by atoms with van der Waals surface area (Å²) in [6, 6.07) is -0.212. The van der Waals surface area contributed by atoms with Crippen LogP contribution in [0.2, 0.25) is 0 Å². The van der Waals surface area contributed by atoms with E-state index >= 15 is 0 Å². The maximum Gasteiger partial charge on any atom is 0.246 e. The molecule has 2 unspecified atom stereocenters. The van der Waals surface area contributed by atoms with Crippen LogP contribution in [0.15, 0.2) is 0 Å². The van der Waals surface area contributed by atoms with Gasteiger partial charge in [0.2, 0.25) is 11.8 Å². The van der Waals surface area contributed by atoms with E-state index in [2.05, 4.69) is 19.2 Å². The average molecular weight is 292 g/mol. The zero-order valence-corrected chi connectivity index (χ0v) is 13.5. The standard InChI is InChI=1S/C17H28N2O2/c1-4-14-16(20)18-13(9-10(2)3)17(21)19(14)15(11-5-6-11)12-7-8-12/h10-15H,4-9H2,1-3H3,(H,18,20). The molecule has 3 aliphatic rings. The molecule has 21 heavy (non-hydrogen) atoms. The predicted molar refractivity (Wildman–Crippen MR) is 81.5 cm³/mol. The van der Waals surface area contributed by atoms with Crippen molar-refractivity contribution in [3.05, 3.63) is 0 Å². The molecule has 2 saturated carbocycles. The Morgan fingerprint density at radius 1 is 1.14 bits per heavy atom. The number of hydrogen-bond acceptors (Lipinski definition) is 2. The fourth-order valence-corrected chi connectivity index (χ4v) is 3.87. The first-order valence-electron chi connectivity index (χ1n) is 8.65. The molecule has 2 amide bonds. The number of nitrogens with one attached hydrogen (secondary N) is 1. The van der Waals surface area contributed by atoms with Gasteiger partial charge in [-0.25, -0.2) is 0 Å². The number of nitrogens with zero attached hydrogens (tertiary/aromatic N) is 1. The van der Waals surface area contributed by atoms with Crippen LogP contribution in [0.3, 0.4) is 0 Å². The van der Waals surface area contributed by atoms with Crippen molar-refractivity contribution >= 4 is 11.8 Å². The van der Waals surface area contributed by atoms with E-state index in [-0.39, 0.29) is 23.9 Å². The summed E-state index contributed by atoms with van der Waals surface area (Å²) >= 11 is 0. The number of hydrogen-bond donors (Lipinski definition) is 1. The average Bonchev–Trinajstić information content (AvgIpc) is 3.28. The van der Waals surface area contributed by atoms with Crippen molar-refractivity contribution in [1.82, 2.24) is 10.2 Å². The van der Waals surface area contributed by atoms with Crippen LogP contribution in [0, 0.1) is 17.8 Å². The molecule has 1 saturated heterocycles. The third kappa shape index (κ3) is 2.95. The summed E-state index contributed by atoms with van der Waals surface area (Å²) in [4.78, 5) is 27.5. The second-order valence-electron chi connectivity index (χ2n) is 7.53. The van der Waals surface area contributed by atoms with Crippen LogP contribution in [0.1, 0.15) is 59.3 Å². The summed E-state index contributed by atoms with van der Waals surface area (Å²) in [6.45, 7) is 6.23. The van der Waals surface area contributed by atoms with Crippen molar-refractivity contribution in [2.45, 2.75) is 77.4 Å². The molecule has 3 fully saturated rings. The monoisotopic (exact) mass is 292 g/mol. The van der Waals surface area contributed by atoms with Gasteiger partial charge in [0.15, 0.2) is 0 Å². The van der Waals surface area contributed by atoms with Crippen molar-refractivity contribution in [2.75, 3.05) is 0 Å². The topological polar surface area (TPSA) is 49.4 Å². The molecule has 4 nitrogen and oxygen atoms in total. The molecule has 0 aromatic rings. The molecule has 0 aromatic carbocycles. The van der Waals surface area contributed by atoms with Gasteiger partial charge in [-0.3, -0.25) is 9.59 Å². The summed E-state index contributed by atoms with van der Waals surface area (Å²) in [5, 5.41) is 2.97. The molecule has 1 heterocycles. The lowest BCUT2D eigenvalue weighted by Crippen LogP contribution is -2.66. The molecular weight excluding hydrogens is 264 g/mol. The van der Waals surface area contributed by atoms with Gasteiger partial charge in [-0.05, 0) is 56.3 Å². The van der Waals surface area contributed by atoms with Gasteiger partial charge < -0.3 is 10.2 Å². The highest BCUT2D eigenvalue weighted by molar-refractivity contribution is 5.97. The number of carbonyl (C=O) groups is 2. The van der Waals surface area contributed by atoms with Crippen LogP contribution in [-0.2, 0) is 9.59 Å². The Morgan fingerprint density at radius 2 is 1.71 bits per heavy atom. The number of piperazine rings is 1. The summed E-state index contributed by atoms with van der Waals surface area (Å²) in [6.07, 6.45) is 6.41. The first kappa shape index (κ1) is 14.9. The quantitative estimate of drug-likeness (QED) is 0.817. The fraction of sp³-hybridized carbons (Fsp3) is 0.882. The second kappa shape index (κ2) is 5.62.